The summed E-state index contributed by atoms with van der Waals surface area (Å²) < 4.78 is 6.08. The molecule has 1 aromatic carbocycles. The molecule has 2 aliphatic rings. The first kappa shape index (κ1) is 15.5. The number of halogens is 1. The van der Waals surface area contributed by atoms with E-state index >= 15 is 0 Å². The van der Waals surface area contributed by atoms with Crippen LogP contribution >= 0.6 is 22.9 Å². The van der Waals surface area contributed by atoms with E-state index < -0.39 is 0 Å². The number of hydrogen-bond acceptors (Lipinski definition) is 3. The van der Waals surface area contributed by atoms with Crippen LogP contribution in [0.3, 0.4) is 0 Å². The van der Waals surface area contributed by atoms with E-state index in [9.17, 15) is 0 Å². The first-order valence-corrected chi connectivity index (χ1v) is 9.68. The van der Waals surface area contributed by atoms with Gasteiger partial charge in [-0.3, -0.25) is 0 Å². The van der Waals surface area contributed by atoms with E-state index in [2.05, 4.69) is 35.8 Å². The van der Waals surface area contributed by atoms with Crippen LogP contribution in [0.1, 0.15) is 47.1 Å². The van der Waals surface area contributed by atoms with Gasteiger partial charge >= 0.3 is 0 Å². The molecule has 1 aliphatic carbocycles. The van der Waals surface area contributed by atoms with Gasteiger partial charge in [0.2, 0.25) is 0 Å². The summed E-state index contributed by atoms with van der Waals surface area (Å²) in [4.78, 5) is 1.39. The van der Waals surface area contributed by atoms with Crippen LogP contribution in [0.2, 0.25) is 5.02 Å². The molecule has 0 bridgehead atoms. The summed E-state index contributed by atoms with van der Waals surface area (Å²) in [6.45, 7) is 4.26. The Balaban J connectivity index is 1.44. The lowest BCUT2D eigenvalue weighted by Crippen LogP contribution is -2.34. The van der Waals surface area contributed by atoms with Crippen LogP contribution in [-0.2, 0) is 0 Å². The minimum absolute atomic E-state index is 0.320. The quantitative estimate of drug-likeness (QED) is 0.829. The molecule has 0 amide bonds. The Hall–Kier alpha value is -1.03. The smallest absolute Gasteiger partial charge is 0.121 e. The van der Waals surface area contributed by atoms with Crippen LogP contribution in [0.4, 0.5) is 0 Å². The average Bonchev–Trinajstić information content (AvgIpc) is 3.22. The maximum Gasteiger partial charge on any atom is 0.121 e. The van der Waals surface area contributed by atoms with E-state index in [4.69, 9.17) is 16.3 Å². The van der Waals surface area contributed by atoms with Gasteiger partial charge in [-0.05, 0) is 85.8 Å². The molecule has 0 radical (unpaired) electrons. The summed E-state index contributed by atoms with van der Waals surface area (Å²) in [5.74, 6) is 2.13. The van der Waals surface area contributed by atoms with Crippen LogP contribution in [0.15, 0.2) is 29.6 Å². The van der Waals surface area contributed by atoms with Crippen molar-refractivity contribution in [2.24, 2.45) is 0 Å². The van der Waals surface area contributed by atoms with Gasteiger partial charge in [-0.15, -0.1) is 11.3 Å². The van der Waals surface area contributed by atoms with E-state index in [0.717, 1.165) is 36.7 Å². The molecule has 1 aromatic heterocycles. The van der Waals surface area contributed by atoms with Gasteiger partial charge in [0.15, 0.2) is 0 Å². The molecule has 2 atom stereocenters. The second-order valence-corrected chi connectivity index (χ2v) is 8.21. The highest BCUT2D eigenvalue weighted by Crippen LogP contribution is 2.57. The number of aryl methyl sites for hydroxylation is 1. The van der Waals surface area contributed by atoms with Crippen LogP contribution in [0.25, 0.3) is 0 Å². The third-order valence-corrected chi connectivity index (χ3v) is 6.14. The van der Waals surface area contributed by atoms with E-state index in [0.29, 0.717) is 17.9 Å². The monoisotopic (exact) mass is 347 g/mol. The largest absolute Gasteiger partial charge is 0.490 e. The van der Waals surface area contributed by atoms with Crippen molar-refractivity contribution in [3.63, 3.8) is 0 Å². The number of benzene rings is 1. The fourth-order valence-corrected chi connectivity index (χ4v) is 4.63. The van der Waals surface area contributed by atoms with Gasteiger partial charge in [0.1, 0.15) is 11.9 Å². The molecule has 122 valence electrons. The third-order valence-electron chi connectivity index (χ3n) is 4.93. The van der Waals surface area contributed by atoms with Gasteiger partial charge in [-0.1, -0.05) is 17.7 Å². The first-order chi connectivity index (χ1) is 11.2. The Kier molecular flexibility index (Phi) is 4.35. The van der Waals surface area contributed by atoms with Crippen LogP contribution in [0.5, 0.6) is 5.75 Å². The average molecular weight is 348 g/mol. The molecule has 4 heteroatoms. The minimum atomic E-state index is 0.320. The summed E-state index contributed by atoms with van der Waals surface area (Å²) >= 11 is 8.39. The Morgan fingerprint density at radius 3 is 2.70 bits per heavy atom. The highest BCUT2D eigenvalue weighted by molar-refractivity contribution is 7.10. The molecule has 1 aliphatic heterocycles. The molecule has 2 nitrogen and oxygen atoms in total. The van der Waals surface area contributed by atoms with Crippen molar-refractivity contribution in [1.29, 1.82) is 0 Å². The zero-order valence-electron chi connectivity index (χ0n) is 13.3. The van der Waals surface area contributed by atoms with Crippen molar-refractivity contribution in [3.8, 4) is 5.75 Å². The lowest BCUT2D eigenvalue weighted by molar-refractivity contribution is 0.162. The molecule has 4 rings (SSSR count). The highest BCUT2D eigenvalue weighted by Gasteiger charge is 2.41. The normalized spacial score (nSPS) is 24.6. The maximum absolute atomic E-state index is 6.55. The fraction of sp³-hybridized carbons (Fsp3) is 0.474. The second kappa shape index (κ2) is 6.46. The number of hydrogen-bond donors (Lipinski definition) is 1. The Morgan fingerprint density at radius 1 is 1.17 bits per heavy atom. The van der Waals surface area contributed by atoms with Crippen molar-refractivity contribution in [2.45, 2.75) is 44.1 Å². The van der Waals surface area contributed by atoms with E-state index in [1.807, 2.05) is 17.4 Å². The molecule has 1 saturated carbocycles. The van der Waals surface area contributed by atoms with Crippen molar-refractivity contribution >= 4 is 22.9 Å². The number of rotatable bonds is 4. The summed E-state index contributed by atoms with van der Waals surface area (Å²) in [6, 6.07) is 8.59. The van der Waals surface area contributed by atoms with E-state index in [-0.39, 0.29) is 0 Å². The molecule has 0 spiro atoms. The van der Waals surface area contributed by atoms with Crippen molar-refractivity contribution in [2.75, 3.05) is 13.1 Å². The molecular weight excluding hydrogens is 326 g/mol. The van der Waals surface area contributed by atoms with Gasteiger partial charge in [0.05, 0.1) is 0 Å². The Morgan fingerprint density at radius 2 is 2.00 bits per heavy atom. The van der Waals surface area contributed by atoms with Gasteiger partial charge in [0, 0.05) is 9.90 Å². The van der Waals surface area contributed by atoms with Gasteiger partial charge < -0.3 is 10.1 Å². The van der Waals surface area contributed by atoms with Gasteiger partial charge in [-0.2, -0.15) is 0 Å². The summed E-state index contributed by atoms with van der Waals surface area (Å²) in [5.41, 5.74) is 2.75. The molecule has 23 heavy (non-hydrogen) atoms. The standard InChI is InChI=1S/C19H22ClNOS/c1-12-8-13(11-23-12)17-10-18(17)16-3-2-15(9-19(16)20)22-14-4-6-21-7-5-14/h2-3,8-9,11,14,17-18,21H,4-7,10H2,1H3. The van der Waals surface area contributed by atoms with E-state index in [1.54, 1.807) is 0 Å². The van der Waals surface area contributed by atoms with Crippen molar-refractivity contribution in [1.82, 2.24) is 5.32 Å². The molecule has 1 saturated heterocycles. The molecule has 2 heterocycles. The topological polar surface area (TPSA) is 21.3 Å². The first-order valence-electron chi connectivity index (χ1n) is 8.42. The lowest BCUT2D eigenvalue weighted by Gasteiger charge is -2.24. The van der Waals surface area contributed by atoms with Gasteiger partial charge in [0.25, 0.3) is 0 Å². The highest BCUT2D eigenvalue weighted by atomic mass is 35.5. The molecule has 2 aromatic rings. The lowest BCUT2D eigenvalue weighted by atomic mass is 10.1. The fourth-order valence-electron chi connectivity index (χ4n) is 3.55. The number of nitrogens with one attached hydrogen (secondary N) is 1. The SMILES string of the molecule is Cc1cc(C2CC2c2ccc(OC3CCNCC3)cc2Cl)cs1. The minimum Gasteiger partial charge on any atom is -0.490 e. The number of ether oxygens (including phenoxy) is 1. The Bertz CT molecular complexity index is 692. The maximum atomic E-state index is 6.55. The third kappa shape index (κ3) is 3.42. The van der Waals surface area contributed by atoms with Crippen molar-refractivity contribution in [3.05, 3.63) is 50.7 Å². The van der Waals surface area contributed by atoms with Crippen molar-refractivity contribution < 1.29 is 4.74 Å². The van der Waals surface area contributed by atoms with Crippen LogP contribution < -0.4 is 10.1 Å². The summed E-state index contributed by atoms with van der Waals surface area (Å²) in [7, 11) is 0. The number of piperidine rings is 1. The predicted molar refractivity (Wildman–Crippen MR) is 97.1 cm³/mol. The van der Waals surface area contributed by atoms with Gasteiger partial charge in [-0.25, -0.2) is 0 Å². The molecule has 2 fully saturated rings. The summed E-state index contributed by atoms with van der Waals surface area (Å²) in [6.07, 6.45) is 3.67. The zero-order chi connectivity index (χ0) is 15.8. The predicted octanol–water partition coefficient (Wildman–Crippen LogP) is 5.11. The zero-order valence-corrected chi connectivity index (χ0v) is 14.9. The number of thiophene rings is 1. The molecular formula is C19H22ClNOS. The summed E-state index contributed by atoms with van der Waals surface area (Å²) in [5, 5.41) is 6.51. The second-order valence-electron chi connectivity index (χ2n) is 6.69. The Labute approximate surface area is 146 Å². The van der Waals surface area contributed by atoms with E-state index in [1.165, 1.54) is 22.4 Å². The van der Waals surface area contributed by atoms with Crippen LogP contribution in [0, 0.1) is 6.92 Å². The molecule has 2 unspecified atom stereocenters. The molecule has 1 N–H and O–H groups in total. The van der Waals surface area contributed by atoms with Crippen LogP contribution in [-0.4, -0.2) is 19.2 Å².